The minimum Gasteiger partial charge on any atom is -0.381 e. The van der Waals surface area contributed by atoms with Gasteiger partial charge < -0.3 is 15.7 Å². The summed E-state index contributed by atoms with van der Waals surface area (Å²) in [5.41, 5.74) is 1.57. The van der Waals surface area contributed by atoms with E-state index in [9.17, 15) is 14.7 Å². The lowest BCUT2D eigenvalue weighted by Gasteiger charge is -2.16. The van der Waals surface area contributed by atoms with Crippen molar-refractivity contribution in [2.45, 2.75) is 32.3 Å². The van der Waals surface area contributed by atoms with Crippen LogP contribution in [0.25, 0.3) is 0 Å². The van der Waals surface area contributed by atoms with Gasteiger partial charge in [-0.1, -0.05) is 12.1 Å². The van der Waals surface area contributed by atoms with Crippen molar-refractivity contribution in [3.63, 3.8) is 0 Å². The monoisotopic (exact) mass is 262 g/mol. The first-order valence-electron chi connectivity index (χ1n) is 6.28. The average molecular weight is 262 g/mol. The summed E-state index contributed by atoms with van der Waals surface area (Å²) in [7, 11) is 0. The Hall–Kier alpha value is -1.88. The fourth-order valence-electron chi connectivity index (χ4n) is 1.97. The van der Waals surface area contributed by atoms with Crippen LogP contribution in [-0.2, 0) is 22.4 Å². The summed E-state index contributed by atoms with van der Waals surface area (Å²) in [5.74, 6) is -0.368. The van der Waals surface area contributed by atoms with E-state index in [-0.39, 0.29) is 11.8 Å². The second kappa shape index (κ2) is 5.01. The molecule has 3 N–H and O–H groups in total. The van der Waals surface area contributed by atoms with Crippen molar-refractivity contribution >= 4 is 17.5 Å². The number of aliphatic hydroxyl groups is 1. The van der Waals surface area contributed by atoms with Crippen LogP contribution in [0.5, 0.6) is 0 Å². The van der Waals surface area contributed by atoms with E-state index in [0.29, 0.717) is 19.4 Å². The molecule has 0 unspecified atom stereocenters. The van der Waals surface area contributed by atoms with Gasteiger partial charge in [-0.15, -0.1) is 0 Å². The Morgan fingerprint density at radius 3 is 2.89 bits per heavy atom. The molecule has 0 radical (unpaired) electrons. The van der Waals surface area contributed by atoms with E-state index >= 15 is 0 Å². The number of carbonyl (C=O) groups is 2. The Morgan fingerprint density at radius 1 is 1.47 bits per heavy atom. The Labute approximate surface area is 112 Å². The number of nitrogens with one attached hydrogen (secondary N) is 2. The van der Waals surface area contributed by atoms with Gasteiger partial charge in [0.1, 0.15) is 5.60 Å². The first-order chi connectivity index (χ1) is 8.86. The predicted octanol–water partition coefficient (Wildman–Crippen LogP) is 0.611. The van der Waals surface area contributed by atoms with Gasteiger partial charge in [0.15, 0.2) is 0 Å². The van der Waals surface area contributed by atoms with Gasteiger partial charge in [0.2, 0.25) is 5.91 Å². The van der Waals surface area contributed by atoms with Crippen molar-refractivity contribution in [3.8, 4) is 0 Å². The number of anilines is 1. The molecule has 5 nitrogen and oxygen atoms in total. The third-order valence-electron chi connectivity index (χ3n) is 3.05. The third-order valence-corrected chi connectivity index (χ3v) is 3.05. The van der Waals surface area contributed by atoms with Crippen molar-refractivity contribution in [2.24, 2.45) is 0 Å². The molecular formula is C14H18N2O3. The third kappa shape index (κ3) is 3.32. The summed E-state index contributed by atoms with van der Waals surface area (Å²) < 4.78 is 0. The van der Waals surface area contributed by atoms with Crippen molar-refractivity contribution < 1.29 is 14.7 Å². The van der Waals surface area contributed by atoms with E-state index in [2.05, 4.69) is 10.6 Å². The van der Waals surface area contributed by atoms with Crippen LogP contribution in [0.1, 0.15) is 25.0 Å². The smallest absolute Gasteiger partial charge is 0.251 e. The maximum absolute atomic E-state index is 11.5. The summed E-state index contributed by atoms with van der Waals surface area (Å²) >= 11 is 0. The number of benzene rings is 1. The lowest BCUT2D eigenvalue weighted by atomic mass is 10.1. The molecule has 1 aliphatic rings. The molecular weight excluding hydrogens is 244 g/mol. The first kappa shape index (κ1) is 13.5. The molecule has 1 aromatic carbocycles. The molecule has 0 spiro atoms. The van der Waals surface area contributed by atoms with Gasteiger partial charge in [-0.25, -0.2) is 0 Å². The quantitative estimate of drug-likeness (QED) is 0.744. The van der Waals surface area contributed by atoms with Gasteiger partial charge in [0.25, 0.3) is 5.91 Å². The average Bonchev–Trinajstić information content (AvgIpc) is 2.67. The number of rotatable bonds is 4. The number of carbonyl (C=O) groups excluding carboxylic acids is 2. The molecule has 0 fully saturated rings. The van der Waals surface area contributed by atoms with Gasteiger partial charge in [-0.05, 0) is 37.5 Å². The summed E-state index contributed by atoms with van der Waals surface area (Å²) in [6.45, 7) is 3.37. The van der Waals surface area contributed by atoms with Crippen LogP contribution in [0.4, 0.5) is 5.69 Å². The van der Waals surface area contributed by atoms with Crippen LogP contribution < -0.4 is 10.6 Å². The van der Waals surface area contributed by atoms with Crippen LogP contribution in [0.2, 0.25) is 0 Å². The molecule has 102 valence electrons. The Bertz CT molecular complexity index is 518. The van der Waals surface area contributed by atoms with Crippen LogP contribution in [0.3, 0.4) is 0 Å². The fraction of sp³-hybridized carbons (Fsp3) is 0.429. The molecule has 19 heavy (non-hydrogen) atoms. The summed E-state index contributed by atoms with van der Waals surface area (Å²) in [6.07, 6.45) is 1.09. The number of hydrogen-bond donors (Lipinski definition) is 3. The van der Waals surface area contributed by atoms with Crippen molar-refractivity contribution in [1.82, 2.24) is 5.32 Å². The maximum Gasteiger partial charge on any atom is 0.251 e. The highest BCUT2D eigenvalue weighted by molar-refractivity contribution is 5.99. The second-order valence-electron chi connectivity index (χ2n) is 5.28. The van der Waals surface area contributed by atoms with Gasteiger partial charge in [0, 0.05) is 12.2 Å². The molecule has 0 aliphatic carbocycles. The molecule has 0 bridgehead atoms. The zero-order valence-corrected chi connectivity index (χ0v) is 11.1. The Kier molecular flexibility index (Phi) is 3.57. The summed E-state index contributed by atoms with van der Waals surface area (Å²) in [5, 5.41) is 14.9. The lowest BCUT2D eigenvalue weighted by molar-refractivity contribution is -0.136. The normalized spacial score (nSPS) is 13.9. The predicted molar refractivity (Wildman–Crippen MR) is 71.8 cm³/mol. The van der Waals surface area contributed by atoms with E-state index in [0.717, 1.165) is 16.8 Å². The van der Waals surface area contributed by atoms with Gasteiger partial charge >= 0.3 is 0 Å². The zero-order chi connectivity index (χ0) is 14.0. The van der Waals surface area contributed by atoms with Crippen LogP contribution in [0.15, 0.2) is 18.2 Å². The molecule has 0 atom stereocenters. The molecule has 2 amide bonds. The van der Waals surface area contributed by atoms with Crippen molar-refractivity contribution in [2.75, 3.05) is 11.9 Å². The highest BCUT2D eigenvalue weighted by atomic mass is 16.3. The van der Waals surface area contributed by atoms with E-state index in [4.69, 9.17) is 0 Å². The van der Waals surface area contributed by atoms with Gasteiger partial charge in [-0.2, -0.15) is 0 Å². The van der Waals surface area contributed by atoms with Crippen LogP contribution >= 0.6 is 0 Å². The van der Waals surface area contributed by atoms with Gasteiger partial charge in [-0.3, -0.25) is 9.59 Å². The first-order valence-corrected chi connectivity index (χ1v) is 6.28. The van der Waals surface area contributed by atoms with Crippen molar-refractivity contribution in [1.29, 1.82) is 0 Å². The molecule has 1 heterocycles. The SMILES string of the molecule is CC(C)(O)C(=O)NCCc1ccc2c(c1)CC(=O)N2. The Morgan fingerprint density at radius 2 is 2.21 bits per heavy atom. The second-order valence-corrected chi connectivity index (χ2v) is 5.28. The van der Waals surface area contributed by atoms with Crippen molar-refractivity contribution in [3.05, 3.63) is 29.3 Å². The highest BCUT2D eigenvalue weighted by Gasteiger charge is 2.23. The van der Waals surface area contributed by atoms with Gasteiger partial charge in [0.05, 0.1) is 6.42 Å². The zero-order valence-electron chi connectivity index (χ0n) is 11.1. The molecule has 2 rings (SSSR count). The van der Waals surface area contributed by atoms with E-state index in [1.54, 1.807) is 0 Å². The molecule has 0 aromatic heterocycles. The number of amides is 2. The molecule has 1 aliphatic heterocycles. The highest BCUT2D eigenvalue weighted by Crippen LogP contribution is 2.23. The minimum absolute atomic E-state index is 0.0162. The largest absolute Gasteiger partial charge is 0.381 e. The standard InChI is InChI=1S/C14H18N2O3/c1-14(2,19)13(18)15-6-5-9-3-4-11-10(7-9)8-12(17)16-11/h3-4,7,19H,5-6,8H2,1-2H3,(H,15,18)(H,16,17). The van der Waals surface area contributed by atoms with E-state index < -0.39 is 5.60 Å². The molecule has 0 saturated heterocycles. The summed E-state index contributed by atoms with van der Waals surface area (Å²) in [6, 6.07) is 5.79. The van der Waals surface area contributed by atoms with E-state index in [1.165, 1.54) is 13.8 Å². The van der Waals surface area contributed by atoms with E-state index in [1.807, 2.05) is 18.2 Å². The van der Waals surface area contributed by atoms with Crippen LogP contribution in [0, 0.1) is 0 Å². The maximum atomic E-state index is 11.5. The molecule has 5 heteroatoms. The number of hydrogen-bond acceptors (Lipinski definition) is 3. The topological polar surface area (TPSA) is 78.4 Å². The number of fused-ring (bicyclic) bond motifs is 1. The summed E-state index contributed by atoms with van der Waals surface area (Å²) in [4.78, 5) is 22.7. The lowest BCUT2D eigenvalue weighted by Crippen LogP contribution is -2.42. The molecule has 0 saturated carbocycles. The Balaban J connectivity index is 1.90. The minimum atomic E-state index is -1.35. The molecule has 1 aromatic rings. The fourth-order valence-corrected chi connectivity index (χ4v) is 1.97. The van der Waals surface area contributed by atoms with Crippen LogP contribution in [-0.4, -0.2) is 29.1 Å².